The van der Waals surface area contributed by atoms with E-state index in [2.05, 4.69) is 4.98 Å². The molecular weight excluding hydrogens is 272 g/mol. The Balaban J connectivity index is 1.97. The van der Waals surface area contributed by atoms with Crippen molar-refractivity contribution < 1.29 is 5.11 Å². The molecule has 0 amide bonds. The number of aromatic nitrogens is 2. The van der Waals surface area contributed by atoms with Crippen LogP contribution in [0, 0.1) is 0 Å². The van der Waals surface area contributed by atoms with Crippen molar-refractivity contribution in [3.8, 4) is 17.1 Å². The van der Waals surface area contributed by atoms with E-state index in [1.165, 1.54) is 0 Å². The van der Waals surface area contributed by atoms with Crippen LogP contribution in [0.1, 0.15) is 5.56 Å². The molecule has 20 heavy (non-hydrogen) atoms. The molecule has 4 heteroatoms. The number of benzene rings is 2. The lowest BCUT2D eigenvalue weighted by molar-refractivity contribution is 0.474. The molecule has 0 atom stereocenters. The van der Waals surface area contributed by atoms with Gasteiger partial charge in [0.15, 0.2) is 0 Å². The zero-order valence-electron chi connectivity index (χ0n) is 10.7. The van der Waals surface area contributed by atoms with Crippen molar-refractivity contribution in [1.82, 2.24) is 9.55 Å². The van der Waals surface area contributed by atoms with Crippen LogP contribution in [0.15, 0.2) is 60.9 Å². The third-order valence-electron chi connectivity index (χ3n) is 3.09. The van der Waals surface area contributed by atoms with Crippen molar-refractivity contribution in [1.29, 1.82) is 0 Å². The Bertz CT molecular complexity index is 737. The lowest BCUT2D eigenvalue weighted by Gasteiger charge is -2.09. The highest BCUT2D eigenvalue weighted by Gasteiger charge is 2.09. The average Bonchev–Trinajstić information content (AvgIpc) is 2.87. The molecule has 2 aromatic carbocycles. The smallest absolute Gasteiger partial charge is 0.141 e. The first-order chi connectivity index (χ1) is 9.74. The zero-order chi connectivity index (χ0) is 13.9. The zero-order valence-corrected chi connectivity index (χ0v) is 11.5. The van der Waals surface area contributed by atoms with Gasteiger partial charge in [0.2, 0.25) is 0 Å². The normalized spacial score (nSPS) is 10.7. The molecule has 3 rings (SSSR count). The summed E-state index contributed by atoms with van der Waals surface area (Å²) in [6, 6.07) is 14.8. The Morgan fingerprint density at radius 2 is 1.95 bits per heavy atom. The number of imidazole rings is 1. The van der Waals surface area contributed by atoms with Crippen molar-refractivity contribution in [3.63, 3.8) is 0 Å². The van der Waals surface area contributed by atoms with E-state index in [9.17, 15) is 5.11 Å². The SMILES string of the molecule is Oc1cccc(Cn2ccnc2-c2ccccc2Cl)c1. The van der Waals surface area contributed by atoms with Gasteiger partial charge in [-0.25, -0.2) is 4.98 Å². The molecular formula is C16H13ClN2O. The summed E-state index contributed by atoms with van der Waals surface area (Å²) < 4.78 is 2.01. The van der Waals surface area contributed by atoms with E-state index in [0.29, 0.717) is 11.6 Å². The van der Waals surface area contributed by atoms with Crippen LogP contribution in [-0.4, -0.2) is 14.7 Å². The molecule has 1 heterocycles. The second kappa shape index (κ2) is 5.39. The first kappa shape index (κ1) is 12.8. The molecule has 0 aliphatic carbocycles. The van der Waals surface area contributed by atoms with E-state index in [-0.39, 0.29) is 5.75 Å². The fraction of sp³-hybridized carbons (Fsp3) is 0.0625. The molecule has 0 saturated heterocycles. The highest BCUT2D eigenvalue weighted by Crippen LogP contribution is 2.26. The quantitative estimate of drug-likeness (QED) is 0.790. The van der Waals surface area contributed by atoms with Gasteiger partial charge >= 0.3 is 0 Å². The Morgan fingerprint density at radius 3 is 2.75 bits per heavy atom. The third-order valence-corrected chi connectivity index (χ3v) is 3.42. The van der Waals surface area contributed by atoms with Crippen LogP contribution < -0.4 is 0 Å². The summed E-state index contributed by atoms with van der Waals surface area (Å²) >= 11 is 6.22. The first-order valence-electron chi connectivity index (χ1n) is 6.28. The largest absolute Gasteiger partial charge is 0.508 e. The molecule has 0 radical (unpaired) electrons. The van der Waals surface area contributed by atoms with Crippen LogP contribution in [0.25, 0.3) is 11.4 Å². The summed E-state index contributed by atoms with van der Waals surface area (Å²) in [5.74, 6) is 1.08. The molecule has 3 aromatic rings. The van der Waals surface area contributed by atoms with Crippen molar-refractivity contribution in [3.05, 3.63) is 71.5 Å². The summed E-state index contributed by atoms with van der Waals surface area (Å²) in [6.07, 6.45) is 3.66. The first-order valence-corrected chi connectivity index (χ1v) is 6.66. The molecule has 0 aliphatic heterocycles. The summed E-state index contributed by atoms with van der Waals surface area (Å²) in [4.78, 5) is 4.38. The van der Waals surface area contributed by atoms with E-state index < -0.39 is 0 Å². The van der Waals surface area contributed by atoms with Gasteiger partial charge in [-0.15, -0.1) is 0 Å². The molecule has 1 N–H and O–H groups in total. The number of aromatic hydroxyl groups is 1. The van der Waals surface area contributed by atoms with Crippen LogP contribution in [0.2, 0.25) is 5.02 Å². The second-order valence-electron chi connectivity index (χ2n) is 4.53. The lowest BCUT2D eigenvalue weighted by Crippen LogP contribution is -2.01. The van der Waals surface area contributed by atoms with Crippen molar-refractivity contribution in [2.75, 3.05) is 0 Å². The van der Waals surface area contributed by atoms with Crippen LogP contribution in [0.5, 0.6) is 5.75 Å². The van der Waals surface area contributed by atoms with Crippen LogP contribution in [0.4, 0.5) is 0 Å². The molecule has 0 spiro atoms. The van der Waals surface area contributed by atoms with Gasteiger partial charge in [0, 0.05) is 24.5 Å². The predicted octanol–water partition coefficient (Wildman–Crippen LogP) is 3.96. The average molecular weight is 285 g/mol. The minimum atomic E-state index is 0.266. The highest BCUT2D eigenvalue weighted by molar-refractivity contribution is 6.33. The Kier molecular flexibility index (Phi) is 3.44. The molecule has 3 nitrogen and oxygen atoms in total. The summed E-state index contributed by atoms with van der Waals surface area (Å²) in [5, 5.41) is 10.2. The molecule has 0 unspecified atom stereocenters. The summed E-state index contributed by atoms with van der Waals surface area (Å²) in [6.45, 7) is 0.634. The minimum absolute atomic E-state index is 0.266. The van der Waals surface area contributed by atoms with Gasteiger partial charge < -0.3 is 9.67 Å². The number of rotatable bonds is 3. The van der Waals surface area contributed by atoms with Crippen molar-refractivity contribution in [2.24, 2.45) is 0 Å². The van der Waals surface area contributed by atoms with E-state index in [1.807, 2.05) is 47.2 Å². The van der Waals surface area contributed by atoms with E-state index >= 15 is 0 Å². The maximum absolute atomic E-state index is 9.53. The van der Waals surface area contributed by atoms with Crippen molar-refractivity contribution >= 4 is 11.6 Å². The topological polar surface area (TPSA) is 38.0 Å². The number of phenols is 1. The summed E-state index contributed by atoms with van der Waals surface area (Å²) in [5.41, 5.74) is 1.91. The van der Waals surface area contributed by atoms with Gasteiger partial charge in [-0.2, -0.15) is 0 Å². The monoisotopic (exact) mass is 284 g/mol. The standard InChI is InChI=1S/C16H13ClN2O/c17-15-7-2-1-6-14(15)16-18-8-9-19(16)11-12-4-3-5-13(20)10-12/h1-10,20H,11H2. The maximum Gasteiger partial charge on any atom is 0.141 e. The Labute approximate surface area is 122 Å². The van der Waals surface area contributed by atoms with Crippen LogP contribution >= 0.6 is 11.6 Å². The van der Waals surface area contributed by atoms with Crippen molar-refractivity contribution in [2.45, 2.75) is 6.54 Å². The van der Waals surface area contributed by atoms with Gasteiger partial charge in [-0.1, -0.05) is 35.9 Å². The van der Waals surface area contributed by atoms with Gasteiger partial charge in [-0.3, -0.25) is 0 Å². The molecule has 100 valence electrons. The molecule has 0 saturated carbocycles. The van der Waals surface area contributed by atoms with E-state index in [0.717, 1.165) is 17.0 Å². The van der Waals surface area contributed by atoms with Crippen LogP contribution in [-0.2, 0) is 6.54 Å². The predicted molar refractivity (Wildman–Crippen MR) is 79.9 cm³/mol. The van der Waals surface area contributed by atoms with E-state index in [1.54, 1.807) is 18.3 Å². The Morgan fingerprint density at radius 1 is 1.10 bits per heavy atom. The second-order valence-corrected chi connectivity index (χ2v) is 4.94. The highest BCUT2D eigenvalue weighted by atomic mass is 35.5. The molecule has 1 aromatic heterocycles. The maximum atomic E-state index is 9.53. The number of phenolic OH excluding ortho intramolecular Hbond substituents is 1. The molecule has 0 bridgehead atoms. The number of nitrogens with zero attached hydrogens (tertiary/aromatic N) is 2. The minimum Gasteiger partial charge on any atom is -0.508 e. The molecule has 0 fully saturated rings. The summed E-state index contributed by atoms with van der Waals surface area (Å²) in [7, 11) is 0. The molecule has 0 aliphatic rings. The Hall–Kier alpha value is -2.26. The fourth-order valence-electron chi connectivity index (χ4n) is 2.18. The number of halogens is 1. The van der Waals surface area contributed by atoms with Gasteiger partial charge in [0.25, 0.3) is 0 Å². The van der Waals surface area contributed by atoms with Crippen LogP contribution in [0.3, 0.4) is 0 Å². The lowest BCUT2D eigenvalue weighted by atomic mass is 10.2. The number of hydrogen-bond donors (Lipinski definition) is 1. The van der Waals surface area contributed by atoms with Gasteiger partial charge in [0.05, 0.1) is 5.02 Å². The van der Waals surface area contributed by atoms with Gasteiger partial charge in [-0.05, 0) is 29.8 Å². The third kappa shape index (κ3) is 2.53. The van der Waals surface area contributed by atoms with E-state index in [4.69, 9.17) is 11.6 Å². The fourth-order valence-corrected chi connectivity index (χ4v) is 2.40. The van der Waals surface area contributed by atoms with Gasteiger partial charge in [0.1, 0.15) is 11.6 Å². The number of hydrogen-bond acceptors (Lipinski definition) is 2.